The van der Waals surface area contributed by atoms with Gasteiger partial charge >= 0.3 is 0 Å². The normalized spacial score (nSPS) is 16.8. The number of nitrogens with one attached hydrogen (secondary N) is 2. The summed E-state index contributed by atoms with van der Waals surface area (Å²) in [5, 5.41) is 7.23. The molecule has 0 saturated carbocycles. The van der Waals surface area contributed by atoms with Gasteiger partial charge in [0.15, 0.2) is 10.9 Å². The molecule has 11 heteroatoms. The lowest BCUT2D eigenvalue weighted by Crippen LogP contribution is -2.42. The van der Waals surface area contributed by atoms with Gasteiger partial charge in [-0.15, -0.1) is 0 Å². The Balaban J connectivity index is 1.76. The lowest BCUT2D eigenvalue weighted by Gasteiger charge is -2.30. The van der Waals surface area contributed by atoms with Gasteiger partial charge in [-0.3, -0.25) is 0 Å². The van der Waals surface area contributed by atoms with E-state index in [1.807, 2.05) is 27.7 Å². The van der Waals surface area contributed by atoms with Crippen LogP contribution in [0.4, 0.5) is 15.5 Å². The summed E-state index contributed by atoms with van der Waals surface area (Å²) in [6.07, 6.45) is 3.66. The third-order valence-electron chi connectivity index (χ3n) is 4.49. The van der Waals surface area contributed by atoms with E-state index in [1.165, 1.54) is 21.9 Å². The maximum Gasteiger partial charge on any atom is 0.223 e. The van der Waals surface area contributed by atoms with Gasteiger partial charge in [-0.1, -0.05) is 11.3 Å². The Labute approximate surface area is 175 Å². The van der Waals surface area contributed by atoms with Crippen LogP contribution in [-0.2, 0) is 10.0 Å². The zero-order chi connectivity index (χ0) is 21.4. The highest BCUT2D eigenvalue weighted by molar-refractivity contribution is 7.88. The molecule has 2 aromatic rings. The Morgan fingerprint density at radius 2 is 1.90 bits per heavy atom. The van der Waals surface area contributed by atoms with E-state index in [0.717, 1.165) is 6.20 Å². The van der Waals surface area contributed by atoms with Crippen LogP contribution in [0.1, 0.15) is 39.3 Å². The van der Waals surface area contributed by atoms with Crippen molar-refractivity contribution in [3.8, 4) is 10.6 Å². The lowest BCUT2D eigenvalue weighted by molar-refractivity contribution is 0.331. The van der Waals surface area contributed by atoms with Gasteiger partial charge in [0.1, 0.15) is 5.69 Å². The van der Waals surface area contributed by atoms with E-state index >= 15 is 0 Å². The second kappa shape index (κ2) is 8.11. The molecule has 160 valence electrons. The average molecular weight is 443 g/mol. The predicted molar refractivity (Wildman–Crippen MR) is 114 cm³/mol. The minimum Gasteiger partial charge on any atom is -0.357 e. The molecule has 0 radical (unpaired) electrons. The number of hydrogen-bond acceptors (Lipinski definition) is 8. The van der Waals surface area contributed by atoms with Crippen LogP contribution in [-0.4, -0.2) is 58.6 Å². The number of sulfonamides is 1. The predicted octanol–water partition coefficient (Wildman–Crippen LogP) is 3.09. The summed E-state index contributed by atoms with van der Waals surface area (Å²) < 4.78 is 39.2. The number of nitrogens with zero attached hydrogens (tertiary/aromatic N) is 4. The summed E-state index contributed by atoms with van der Waals surface area (Å²) in [5.41, 5.74) is 0.763. The van der Waals surface area contributed by atoms with E-state index in [0.29, 0.717) is 47.6 Å². The fourth-order valence-corrected chi connectivity index (χ4v) is 5.14. The van der Waals surface area contributed by atoms with Crippen molar-refractivity contribution in [3.63, 3.8) is 0 Å². The Kier molecular flexibility index (Phi) is 6.11. The first-order valence-electron chi connectivity index (χ1n) is 9.42. The summed E-state index contributed by atoms with van der Waals surface area (Å²) in [5.74, 6) is -0.172. The lowest BCUT2D eigenvalue weighted by atomic mass is 10.1. The van der Waals surface area contributed by atoms with Gasteiger partial charge in [-0.2, -0.15) is 0 Å². The zero-order valence-electron chi connectivity index (χ0n) is 17.3. The molecule has 3 heterocycles. The van der Waals surface area contributed by atoms with Gasteiger partial charge < -0.3 is 10.6 Å². The van der Waals surface area contributed by atoms with Gasteiger partial charge in [-0.05, 0) is 40.5 Å². The summed E-state index contributed by atoms with van der Waals surface area (Å²) in [6.45, 7) is 8.82. The van der Waals surface area contributed by atoms with E-state index in [4.69, 9.17) is 0 Å². The van der Waals surface area contributed by atoms with E-state index in [2.05, 4.69) is 25.6 Å². The van der Waals surface area contributed by atoms with Crippen LogP contribution in [0.5, 0.6) is 0 Å². The monoisotopic (exact) mass is 442 g/mol. The SMILES string of the molecule is Cc1nc(NC(C)(C)C)sc1-c1nc(NC2CCN(S(C)(=O)=O)CC2)ncc1F. The second-order valence-electron chi connectivity index (χ2n) is 8.28. The Hall–Kier alpha value is -1.85. The van der Waals surface area contributed by atoms with Crippen molar-refractivity contribution >= 4 is 32.4 Å². The molecular formula is C18H27FN6O2S2. The Morgan fingerprint density at radius 3 is 2.48 bits per heavy atom. The summed E-state index contributed by atoms with van der Waals surface area (Å²) in [7, 11) is -3.17. The Morgan fingerprint density at radius 1 is 1.24 bits per heavy atom. The molecule has 0 bridgehead atoms. The number of piperidine rings is 1. The quantitative estimate of drug-likeness (QED) is 0.734. The van der Waals surface area contributed by atoms with E-state index in [9.17, 15) is 12.8 Å². The molecular weight excluding hydrogens is 415 g/mol. The van der Waals surface area contributed by atoms with Gasteiger partial charge in [0.05, 0.1) is 23.0 Å². The molecule has 1 fully saturated rings. The standard InChI is InChI=1S/C18H27FN6O2S2/c1-11-15(28-17(21-11)24-18(2,3)4)14-13(19)10-20-16(23-14)22-12-6-8-25(9-7-12)29(5,26)27/h10,12H,6-9H2,1-5H3,(H,21,24)(H,20,22,23). The molecule has 0 aromatic carbocycles. The molecule has 0 amide bonds. The molecule has 0 aliphatic carbocycles. The average Bonchev–Trinajstić information content (AvgIpc) is 2.94. The van der Waals surface area contributed by atoms with Crippen molar-refractivity contribution in [2.45, 2.75) is 52.1 Å². The number of aryl methyl sites for hydroxylation is 1. The minimum absolute atomic E-state index is 0.0342. The number of anilines is 2. The highest BCUT2D eigenvalue weighted by Gasteiger charge is 2.26. The minimum atomic E-state index is -3.17. The van der Waals surface area contributed by atoms with Crippen molar-refractivity contribution in [1.29, 1.82) is 0 Å². The van der Waals surface area contributed by atoms with Crippen molar-refractivity contribution < 1.29 is 12.8 Å². The van der Waals surface area contributed by atoms with E-state index in [-0.39, 0.29) is 17.3 Å². The van der Waals surface area contributed by atoms with E-state index in [1.54, 1.807) is 0 Å². The van der Waals surface area contributed by atoms with Crippen LogP contribution < -0.4 is 10.6 Å². The molecule has 2 N–H and O–H groups in total. The maximum atomic E-state index is 14.5. The fraction of sp³-hybridized carbons (Fsp3) is 0.611. The molecule has 8 nitrogen and oxygen atoms in total. The van der Waals surface area contributed by atoms with Crippen LogP contribution in [0.25, 0.3) is 10.6 Å². The van der Waals surface area contributed by atoms with Crippen molar-refractivity contribution in [1.82, 2.24) is 19.3 Å². The molecule has 2 aromatic heterocycles. The molecule has 0 atom stereocenters. The van der Waals surface area contributed by atoms with E-state index < -0.39 is 15.8 Å². The van der Waals surface area contributed by atoms with Crippen LogP contribution >= 0.6 is 11.3 Å². The molecule has 0 unspecified atom stereocenters. The molecule has 0 spiro atoms. The first-order valence-corrected chi connectivity index (χ1v) is 12.1. The highest BCUT2D eigenvalue weighted by atomic mass is 32.2. The van der Waals surface area contributed by atoms with Crippen LogP contribution in [0, 0.1) is 12.7 Å². The molecule has 1 aliphatic heterocycles. The van der Waals surface area contributed by atoms with Crippen LogP contribution in [0.2, 0.25) is 0 Å². The smallest absolute Gasteiger partial charge is 0.223 e. The number of halogens is 1. The number of thiazole rings is 1. The zero-order valence-corrected chi connectivity index (χ0v) is 18.9. The molecule has 3 rings (SSSR count). The summed E-state index contributed by atoms with van der Waals surface area (Å²) >= 11 is 1.36. The number of aromatic nitrogens is 3. The van der Waals surface area contributed by atoms with Gasteiger partial charge in [-0.25, -0.2) is 32.1 Å². The number of hydrogen-bond donors (Lipinski definition) is 2. The second-order valence-corrected chi connectivity index (χ2v) is 11.3. The first kappa shape index (κ1) is 21.8. The molecule has 1 aliphatic rings. The largest absolute Gasteiger partial charge is 0.357 e. The highest BCUT2D eigenvalue weighted by Crippen LogP contribution is 2.34. The molecule has 29 heavy (non-hydrogen) atoms. The summed E-state index contributed by atoms with van der Waals surface area (Å²) in [6, 6.07) is 0.0342. The van der Waals surface area contributed by atoms with Gasteiger partial charge in [0, 0.05) is 24.7 Å². The van der Waals surface area contributed by atoms with Gasteiger partial charge in [0.2, 0.25) is 16.0 Å². The van der Waals surface area contributed by atoms with Crippen LogP contribution in [0.15, 0.2) is 6.20 Å². The van der Waals surface area contributed by atoms with Gasteiger partial charge in [0.25, 0.3) is 0 Å². The fourth-order valence-electron chi connectivity index (χ4n) is 3.10. The number of rotatable bonds is 5. The first-order chi connectivity index (χ1) is 13.4. The van der Waals surface area contributed by atoms with Crippen molar-refractivity contribution in [2.24, 2.45) is 0 Å². The Bertz CT molecular complexity index is 979. The molecule has 1 saturated heterocycles. The van der Waals surface area contributed by atoms with Crippen molar-refractivity contribution in [2.75, 3.05) is 30.0 Å². The topological polar surface area (TPSA) is 100 Å². The summed E-state index contributed by atoms with van der Waals surface area (Å²) in [4.78, 5) is 13.6. The van der Waals surface area contributed by atoms with Crippen LogP contribution in [0.3, 0.4) is 0 Å². The third kappa shape index (κ3) is 5.61. The third-order valence-corrected chi connectivity index (χ3v) is 6.88. The maximum absolute atomic E-state index is 14.5. The van der Waals surface area contributed by atoms with Crippen molar-refractivity contribution in [3.05, 3.63) is 17.7 Å².